The van der Waals surface area contributed by atoms with E-state index in [0.717, 1.165) is 34.1 Å². The number of thioether (sulfide) groups is 2. The lowest BCUT2D eigenvalue weighted by atomic mass is 10.2. The highest BCUT2D eigenvalue weighted by Crippen LogP contribution is 2.34. The Morgan fingerprint density at radius 1 is 1.62 bits per heavy atom. The first-order valence-electron chi connectivity index (χ1n) is 6.92. The van der Waals surface area contributed by atoms with Crippen molar-refractivity contribution in [2.75, 3.05) is 17.3 Å². The van der Waals surface area contributed by atoms with Gasteiger partial charge in [-0.15, -0.1) is 0 Å². The van der Waals surface area contributed by atoms with Gasteiger partial charge in [0.05, 0.1) is 5.75 Å². The predicted octanol–water partition coefficient (Wildman–Crippen LogP) is 2.98. The Labute approximate surface area is 131 Å². The monoisotopic (exact) mass is 323 g/mol. The third kappa shape index (κ3) is 3.03. The molecular formula is C14H17N3O2S2. The van der Waals surface area contributed by atoms with E-state index in [1.54, 1.807) is 6.20 Å². The van der Waals surface area contributed by atoms with Crippen LogP contribution < -0.4 is 0 Å². The molecule has 0 aromatic carbocycles. The third-order valence-corrected chi connectivity index (χ3v) is 5.71. The average Bonchev–Trinajstić information content (AvgIpc) is 2.86. The first-order valence-corrected chi connectivity index (χ1v) is 9.06. The second-order valence-electron chi connectivity index (χ2n) is 5.12. The zero-order valence-corrected chi connectivity index (χ0v) is 13.4. The van der Waals surface area contributed by atoms with Crippen LogP contribution in [0, 0.1) is 6.92 Å². The van der Waals surface area contributed by atoms with E-state index in [1.165, 1.54) is 23.9 Å². The van der Waals surface area contributed by atoms with Crippen LogP contribution in [0.5, 0.6) is 0 Å². The van der Waals surface area contributed by atoms with Gasteiger partial charge in [0, 0.05) is 18.0 Å². The molecule has 0 bridgehead atoms. The van der Waals surface area contributed by atoms with Crippen molar-refractivity contribution in [3.05, 3.63) is 17.8 Å². The fourth-order valence-electron chi connectivity index (χ4n) is 2.58. The maximum absolute atomic E-state index is 10.9. The number of fused-ring (bicyclic) bond motifs is 1. The molecule has 0 saturated carbocycles. The number of aryl methyl sites for hydroxylation is 1. The molecule has 112 valence electrons. The van der Waals surface area contributed by atoms with Gasteiger partial charge in [-0.05, 0) is 37.1 Å². The number of aromatic nitrogens is 3. The molecule has 0 aliphatic carbocycles. The molecule has 2 aromatic heterocycles. The van der Waals surface area contributed by atoms with Crippen LogP contribution in [-0.2, 0) is 4.79 Å². The molecular weight excluding hydrogens is 306 g/mol. The van der Waals surface area contributed by atoms with Crippen molar-refractivity contribution < 1.29 is 9.90 Å². The van der Waals surface area contributed by atoms with Crippen molar-refractivity contribution in [1.82, 2.24) is 14.5 Å². The van der Waals surface area contributed by atoms with Crippen LogP contribution >= 0.6 is 23.5 Å². The number of nitrogens with zero attached hydrogens (tertiary/aromatic N) is 3. The van der Waals surface area contributed by atoms with Gasteiger partial charge in [-0.2, -0.15) is 11.8 Å². The van der Waals surface area contributed by atoms with Crippen molar-refractivity contribution in [3.63, 3.8) is 0 Å². The molecule has 1 atom stereocenters. The normalized spacial score (nSPS) is 19.0. The van der Waals surface area contributed by atoms with E-state index >= 15 is 0 Å². The van der Waals surface area contributed by atoms with Gasteiger partial charge in [-0.25, -0.2) is 9.97 Å². The molecule has 0 amide bonds. The summed E-state index contributed by atoms with van der Waals surface area (Å²) in [6.07, 6.45) is 4.09. The van der Waals surface area contributed by atoms with Gasteiger partial charge in [-0.1, -0.05) is 11.8 Å². The van der Waals surface area contributed by atoms with Gasteiger partial charge in [0.25, 0.3) is 0 Å². The predicted molar refractivity (Wildman–Crippen MR) is 86.2 cm³/mol. The van der Waals surface area contributed by atoms with Crippen LogP contribution in [0.3, 0.4) is 0 Å². The molecule has 3 rings (SSSR count). The molecule has 5 nitrogen and oxygen atoms in total. The van der Waals surface area contributed by atoms with E-state index in [4.69, 9.17) is 5.11 Å². The van der Waals surface area contributed by atoms with Crippen LogP contribution in [0.15, 0.2) is 17.4 Å². The minimum Gasteiger partial charge on any atom is -0.481 e. The fourth-order valence-corrected chi connectivity index (χ4v) is 4.48. The summed E-state index contributed by atoms with van der Waals surface area (Å²) in [5.41, 5.74) is 2.86. The number of hydrogen-bond donors (Lipinski definition) is 1. The van der Waals surface area contributed by atoms with Crippen LogP contribution in [-0.4, -0.2) is 42.9 Å². The molecule has 1 aliphatic rings. The topological polar surface area (TPSA) is 68.0 Å². The van der Waals surface area contributed by atoms with Gasteiger partial charge in [0.1, 0.15) is 5.52 Å². The molecule has 1 N–H and O–H groups in total. The number of aliphatic carboxylic acids is 1. The largest absolute Gasteiger partial charge is 0.481 e. The highest BCUT2D eigenvalue weighted by Gasteiger charge is 2.23. The summed E-state index contributed by atoms with van der Waals surface area (Å²) in [7, 11) is 0. The average molecular weight is 323 g/mol. The Kier molecular flexibility index (Phi) is 4.40. The molecule has 7 heteroatoms. The van der Waals surface area contributed by atoms with Gasteiger partial charge >= 0.3 is 5.97 Å². The summed E-state index contributed by atoms with van der Waals surface area (Å²) in [4.78, 5) is 20.0. The molecule has 1 saturated heterocycles. The van der Waals surface area contributed by atoms with E-state index in [9.17, 15) is 4.79 Å². The number of pyridine rings is 1. The fraction of sp³-hybridized carbons (Fsp3) is 0.500. The summed E-state index contributed by atoms with van der Waals surface area (Å²) >= 11 is 3.23. The van der Waals surface area contributed by atoms with Crippen molar-refractivity contribution in [2.24, 2.45) is 0 Å². The van der Waals surface area contributed by atoms with E-state index in [0.29, 0.717) is 6.04 Å². The van der Waals surface area contributed by atoms with Gasteiger partial charge in [0.15, 0.2) is 10.8 Å². The molecule has 0 spiro atoms. The minimum absolute atomic E-state index is 0.0300. The molecule has 0 radical (unpaired) electrons. The summed E-state index contributed by atoms with van der Waals surface area (Å²) in [6, 6.07) is 2.31. The number of carboxylic acid groups (broad SMARTS) is 1. The number of rotatable bonds is 4. The second-order valence-corrected chi connectivity index (χ2v) is 7.21. The number of carbonyl (C=O) groups is 1. The summed E-state index contributed by atoms with van der Waals surface area (Å²) in [5, 5.41) is 9.71. The first kappa shape index (κ1) is 14.7. The maximum Gasteiger partial charge on any atom is 0.313 e. The van der Waals surface area contributed by atoms with Crippen LogP contribution in [0.4, 0.5) is 0 Å². The van der Waals surface area contributed by atoms with Gasteiger partial charge in [0.2, 0.25) is 0 Å². The lowest BCUT2D eigenvalue weighted by Gasteiger charge is -2.24. The molecule has 2 aromatic rings. The van der Waals surface area contributed by atoms with Crippen LogP contribution in [0.1, 0.15) is 24.4 Å². The Balaban J connectivity index is 2.06. The van der Waals surface area contributed by atoms with Crippen molar-refractivity contribution in [3.8, 4) is 0 Å². The quantitative estimate of drug-likeness (QED) is 0.873. The zero-order valence-electron chi connectivity index (χ0n) is 11.8. The van der Waals surface area contributed by atoms with Crippen LogP contribution in [0.25, 0.3) is 11.2 Å². The van der Waals surface area contributed by atoms with Crippen molar-refractivity contribution in [1.29, 1.82) is 0 Å². The Hall–Kier alpha value is -1.21. The highest BCUT2D eigenvalue weighted by molar-refractivity contribution is 8.00. The Morgan fingerprint density at radius 2 is 2.48 bits per heavy atom. The second kappa shape index (κ2) is 6.27. The SMILES string of the molecule is Cc1ccnc2c1nc(SCC(=O)O)n2C1CCCSC1. The lowest BCUT2D eigenvalue weighted by molar-refractivity contribution is -0.133. The van der Waals surface area contributed by atoms with Crippen molar-refractivity contribution in [2.45, 2.75) is 31.0 Å². The minimum atomic E-state index is -0.818. The Morgan fingerprint density at radius 3 is 3.19 bits per heavy atom. The van der Waals surface area contributed by atoms with Gasteiger partial charge < -0.3 is 5.11 Å². The van der Waals surface area contributed by atoms with Crippen LogP contribution in [0.2, 0.25) is 0 Å². The highest BCUT2D eigenvalue weighted by atomic mass is 32.2. The number of carboxylic acids is 1. The van der Waals surface area contributed by atoms with E-state index in [2.05, 4.69) is 14.5 Å². The van der Waals surface area contributed by atoms with E-state index < -0.39 is 5.97 Å². The molecule has 1 unspecified atom stereocenters. The first-order chi connectivity index (χ1) is 10.2. The van der Waals surface area contributed by atoms with E-state index in [1.807, 2.05) is 24.8 Å². The lowest BCUT2D eigenvalue weighted by Crippen LogP contribution is -2.17. The Bertz CT molecular complexity index is 666. The van der Waals surface area contributed by atoms with Crippen molar-refractivity contribution >= 4 is 40.7 Å². The number of hydrogen-bond acceptors (Lipinski definition) is 5. The van der Waals surface area contributed by atoms with E-state index in [-0.39, 0.29) is 5.75 Å². The smallest absolute Gasteiger partial charge is 0.313 e. The zero-order chi connectivity index (χ0) is 14.8. The van der Waals surface area contributed by atoms with Gasteiger partial charge in [-0.3, -0.25) is 9.36 Å². The third-order valence-electron chi connectivity index (χ3n) is 3.57. The number of imidazole rings is 1. The summed E-state index contributed by atoms with van der Waals surface area (Å²) < 4.78 is 2.15. The molecule has 1 fully saturated rings. The summed E-state index contributed by atoms with van der Waals surface area (Å²) in [6.45, 7) is 2.02. The maximum atomic E-state index is 10.9. The summed E-state index contributed by atoms with van der Waals surface area (Å²) in [5.74, 6) is 1.46. The molecule has 1 aliphatic heterocycles. The molecule has 21 heavy (non-hydrogen) atoms. The standard InChI is InChI=1S/C14H17N3O2S2/c1-9-4-5-15-13-12(9)16-14(21-8-11(18)19)17(13)10-3-2-6-20-7-10/h4-5,10H,2-3,6-8H2,1H3,(H,18,19). The molecule has 3 heterocycles.